The predicted molar refractivity (Wildman–Crippen MR) is 202 cm³/mol. The Bertz CT molecular complexity index is 2030. The molecule has 1 aromatic carbocycles. The van der Waals surface area contributed by atoms with Gasteiger partial charge in [-0.2, -0.15) is 14.7 Å². The third kappa shape index (κ3) is 7.00. The zero-order valence-corrected chi connectivity index (χ0v) is 30.0. The van der Waals surface area contributed by atoms with Crippen molar-refractivity contribution < 1.29 is 9.59 Å². The lowest BCUT2D eigenvalue weighted by Gasteiger charge is -2.50. The maximum atomic E-state index is 11.2. The van der Waals surface area contributed by atoms with Crippen molar-refractivity contribution in [1.29, 1.82) is 0 Å². The van der Waals surface area contributed by atoms with Gasteiger partial charge in [0, 0.05) is 62.1 Å². The van der Waals surface area contributed by atoms with E-state index in [-0.39, 0.29) is 12.1 Å². The molecule has 13 nitrogen and oxygen atoms in total. The molecular formula is C36H43B2N11O2. The highest BCUT2D eigenvalue weighted by Gasteiger charge is 2.42. The molecule has 2 fully saturated rings. The largest absolute Gasteiger partial charge is 0.373 e. The number of benzene rings is 1. The summed E-state index contributed by atoms with van der Waals surface area (Å²) in [6.45, 7) is 5.36. The summed E-state index contributed by atoms with van der Waals surface area (Å²) in [5.41, 5.74) is 7.80. The minimum absolute atomic E-state index is 0.0470. The van der Waals surface area contributed by atoms with Gasteiger partial charge in [0.25, 0.3) is 0 Å². The number of aromatic nitrogens is 6. The lowest BCUT2D eigenvalue weighted by atomic mass is 9.57. The third-order valence-electron chi connectivity index (χ3n) is 9.41. The molecule has 0 spiro atoms. The second kappa shape index (κ2) is 14.7. The first-order chi connectivity index (χ1) is 24.5. The van der Waals surface area contributed by atoms with Crippen molar-refractivity contribution in [2.45, 2.75) is 44.1 Å². The van der Waals surface area contributed by atoms with Crippen LogP contribution in [0.3, 0.4) is 0 Å². The van der Waals surface area contributed by atoms with Crippen LogP contribution in [0, 0.1) is 12.8 Å². The Morgan fingerprint density at radius 3 is 2.35 bits per heavy atom. The number of hydrogen-bond acceptors (Lipinski definition) is 11. The molecule has 1 saturated carbocycles. The van der Waals surface area contributed by atoms with Crippen LogP contribution in [-0.2, 0) is 10.1 Å². The van der Waals surface area contributed by atoms with Gasteiger partial charge in [-0.1, -0.05) is 18.2 Å². The van der Waals surface area contributed by atoms with Crippen LogP contribution >= 0.6 is 0 Å². The molecule has 6 heterocycles. The summed E-state index contributed by atoms with van der Waals surface area (Å²) >= 11 is 0. The summed E-state index contributed by atoms with van der Waals surface area (Å²) in [7, 11) is 20.8. The topological polar surface area (TPSA) is 138 Å². The molecule has 15 heteroatoms. The molecule has 3 aliphatic rings. The number of rotatable bonds is 8. The minimum atomic E-state index is -1.29. The van der Waals surface area contributed by atoms with Gasteiger partial charge in [0.15, 0.2) is 11.9 Å². The Morgan fingerprint density at radius 2 is 1.71 bits per heavy atom. The number of para-hydroxylation sites is 1. The zero-order chi connectivity index (χ0) is 36.4. The Kier molecular flexibility index (Phi) is 10.3. The van der Waals surface area contributed by atoms with Crippen molar-refractivity contribution in [3.05, 3.63) is 77.5 Å². The molecule has 8 rings (SSSR count). The SMILES string of the molecule is CNC.O=CC1CC1.[B]C([B])(c1cccc(C=O)n1)N1CC(n2ncc3c2[C@@H](C)N(C)c2c(Nc4cc(NC)nc5cc(C)nn45)cccc2-3)C1. The van der Waals surface area contributed by atoms with Crippen molar-refractivity contribution in [2.24, 2.45) is 5.92 Å². The zero-order valence-electron chi connectivity index (χ0n) is 30.0. The first-order valence-corrected chi connectivity index (χ1v) is 17.1. The quantitative estimate of drug-likeness (QED) is 0.163. The second-order valence-electron chi connectivity index (χ2n) is 13.3. The summed E-state index contributed by atoms with van der Waals surface area (Å²) in [4.78, 5) is 34.0. The number of aryl methyl sites for hydroxylation is 1. The van der Waals surface area contributed by atoms with E-state index in [1.54, 1.807) is 18.2 Å². The van der Waals surface area contributed by atoms with Gasteiger partial charge in [0.05, 0.1) is 56.7 Å². The molecule has 260 valence electrons. The fourth-order valence-corrected chi connectivity index (χ4v) is 6.40. The fraction of sp³-hybridized carbons (Fsp3) is 0.389. The first kappa shape index (κ1) is 35.8. The molecule has 4 radical (unpaired) electrons. The van der Waals surface area contributed by atoms with Crippen LogP contribution in [-0.4, -0.2) is 104 Å². The normalized spacial score (nSPS) is 16.8. The van der Waals surface area contributed by atoms with Crippen molar-refractivity contribution >= 4 is 56.9 Å². The Balaban J connectivity index is 0.000000502. The van der Waals surface area contributed by atoms with Crippen LogP contribution < -0.4 is 20.9 Å². The Labute approximate surface area is 301 Å². The predicted octanol–water partition coefficient (Wildman–Crippen LogP) is 3.84. The highest BCUT2D eigenvalue weighted by Crippen LogP contribution is 2.49. The van der Waals surface area contributed by atoms with Gasteiger partial charge >= 0.3 is 0 Å². The van der Waals surface area contributed by atoms with Crippen LogP contribution in [0.2, 0.25) is 0 Å². The number of aldehydes is 2. The summed E-state index contributed by atoms with van der Waals surface area (Å²) in [5.74, 6) is 2.02. The molecular weight excluding hydrogens is 640 g/mol. The molecule has 0 unspecified atom stereocenters. The standard InChI is InChI=1S/C30H30B2N10O.C4H6O.C2H7N/c1-17-11-26-37-25(33-3)12-27(42(26)38-17)36-23-9-6-8-21-22-13-34-41(28(22)18(2)39(4)29(21)23)20-14-40(15-20)30(31,32)24-10-5-7-19(16-43)35-24;5-3-4-1-2-4;1-3-2/h5-13,16,18,20,36H,14-15H2,1-4H3,(H,33,37);3-4H,1-2H2;3H,1-2H3/t18-;;/m1../s1. The molecule has 0 bridgehead atoms. The number of nitrogens with one attached hydrogen (secondary N) is 3. The Morgan fingerprint density at radius 1 is 0.980 bits per heavy atom. The van der Waals surface area contributed by atoms with Crippen molar-refractivity contribution in [3.63, 3.8) is 0 Å². The Hall–Kier alpha value is -5.01. The lowest BCUT2D eigenvalue weighted by Crippen LogP contribution is -2.60. The third-order valence-corrected chi connectivity index (χ3v) is 9.41. The van der Waals surface area contributed by atoms with Gasteiger partial charge in [-0.25, -0.2) is 9.97 Å². The molecule has 0 amide bonds. The first-order valence-electron chi connectivity index (χ1n) is 17.1. The van der Waals surface area contributed by atoms with E-state index in [9.17, 15) is 9.59 Å². The highest BCUT2D eigenvalue weighted by atomic mass is 16.1. The molecule has 4 aromatic heterocycles. The van der Waals surface area contributed by atoms with Crippen molar-refractivity contribution in [2.75, 3.05) is 56.8 Å². The summed E-state index contributed by atoms with van der Waals surface area (Å²) < 4.78 is 3.94. The van der Waals surface area contributed by atoms with Crippen LogP contribution in [0.4, 0.5) is 23.0 Å². The summed E-state index contributed by atoms with van der Waals surface area (Å²) in [6.07, 6.45) is 5.96. The van der Waals surface area contributed by atoms with Crippen molar-refractivity contribution in [1.82, 2.24) is 39.6 Å². The van der Waals surface area contributed by atoms with Gasteiger partial charge < -0.3 is 30.5 Å². The number of carbonyl (C=O) groups excluding carboxylic acids is 2. The van der Waals surface area contributed by atoms with Crippen molar-refractivity contribution in [3.8, 4) is 11.1 Å². The average Bonchev–Trinajstić information content (AvgIpc) is 3.73. The maximum Gasteiger partial charge on any atom is 0.168 e. The number of hydrogen-bond donors (Lipinski definition) is 3. The molecule has 1 saturated heterocycles. The number of fused-ring (bicyclic) bond motifs is 4. The smallest absolute Gasteiger partial charge is 0.168 e. The second-order valence-corrected chi connectivity index (χ2v) is 13.3. The van der Waals surface area contributed by atoms with E-state index in [2.05, 4.69) is 72.8 Å². The van der Waals surface area contributed by atoms with Gasteiger partial charge in [-0.3, -0.25) is 9.48 Å². The van der Waals surface area contributed by atoms with Gasteiger partial charge in [0.1, 0.15) is 23.6 Å². The highest BCUT2D eigenvalue weighted by molar-refractivity contribution is 6.39. The van der Waals surface area contributed by atoms with Crippen LogP contribution in [0.25, 0.3) is 16.8 Å². The fourth-order valence-electron chi connectivity index (χ4n) is 6.40. The molecule has 5 aromatic rings. The lowest BCUT2D eigenvalue weighted by molar-refractivity contribution is -0.108. The molecule has 51 heavy (non-hydrogen) atoms. The summed E-state index contributed by atoms with van der Waals surface area (Å²) in [6, 6.07) is 15.5. The van der Waals surface area contributed by atoms with Gasteiger partial charge in [-0.15, -0.1) is 0 Å². The van der Waals surface area contributed by atoms with E-state index < -0.39 is 5.34 Å². The molecule has 3 N–H and O–H groups in total. The minimum Gasteiger partial charge on any atom is -0.373 e. The number of nitrogens with zero attached hydrogens (tertiary/aromatic N) is 8. The maximum absolute atomic E-state index is 11.2. The molecule has 1 atom stereocenters. The number of carbonyl (C=O) groups is 2. The number of likely N-dealkylation sites (tertiary alicyclic amines) is 1. The van der Waals surface area contributed by atoms with Gasteiger partial charge in [0.2, 0.25) is 0 Å². The van der Waals surface area contributed by atoms with Crippen LogP contribution in [0.15, 0.2) is 54.7 Å². The van der Waals surface area contributed by atoms with E-state index in [1.807, 2.05) is 55.8 Å². The summed E-state index contributed by atoms with van der Waals surface area (Å²) in [5, 5.41) is 17.8. The average molecular weight is 683 g/mol. The van der Waals surface area contributed by atoms with E-state index in [0.29, 0.717) is 36.7 Å². The van der Waals surface area contributed by atoms with Crippen LogP contribution in [0.1, 0.15) is 59.4 Å². The van der Waals surface area contributed by atoms with E-state index in [4.69, 9.17) is 20.8 Å². The molecule has 2 aliphatic heterocycles. The number of pyridine rings is 1. The van der Waals surface area contributed by atoms with Gasteiger partial charge in [-0.05, 0) is 64.3 Å². The van der Waals surface area contributed by atoms with E-state index >= 15 is 0 Å². The van der Waals surface area contributed by atoms with E-state index in [1.165, 1.54) is 0 Å². The monoisotopic (exact) mass is 683 g/mol. The van der Waals surface area contributed by atoms with E-state index in [0.717, 1.165) is 70.3 Å². The molecule has 1 aliphatic carbocycles. The van der Waals surface area contributed by atoms with Crippen LogP contribution in [0.5, 0.6) is 0 Å². The number of anilines is 4.